The molecule has 0 spiro atoms. The lowest BCUT2D eigenvalue weighted by Gasteiger charge is -2.31. The molecule has 136 valence electrons. The number of piperidine rings is 1. The van der Waals surface area contributed by atoms with Gasteiger partial charge in [-0.3, -0.25) is 13.9 Å². The zero-order valence-corrected chi connectivity index (χ0v) is 14.7. The van der Waals surface area contributed by atoms with Crippen LogP contribution in [-0.4, -0.2) is 55.7 Å². The average molecular weight is 366 g/mol. The first kappa shape index (κ1) is 17.7. The van der Waals surface area contributed by atoms with Crippen LogP contribution in [0, 0.1) is 5.92 Å². The summed E-state index contributed by atoms with van der Waals surface area (Å²) in [5.41, 5.74) is 1.00. The van der Waals surface area contributed by atoms with Crippen molar-refractivity contribution in [2.75, 3.05) is 29.7 Å². The summed E-state index contributed by atoms with van der Waals surface area (Å²) in [6, 6.07) is 6.73. The molecule has 0 aliphatic carbocycles. The van der Waals surface area contributed by atoms with Gasteiger partial charge in [0.2, 0.25) is 10.0 Å². The number of carbonyl (C=O) groups is 2. The summed E-state index contributed by atoms with van der Waals surface area (Å²) in [7, 11) is -3.27. The summed E-state index contributed by atoms with van der Waals surface area (Å²) in [5.74, 6) is -0.679. The fourth-order valence-corrected chi connectivity index (χ4v) is 5.05. The van der Waals surface area contributed by atoms with Crippen molar-refractivity contribution < 1.29 is 23.1 Å². The van der Waals surface area contributed by atoms with E-state index in [9.17, 15) is 18.0 Å². The molecular formula is C17H22N2O5S. The lowest BCUT2D eigenvalue weighted by atomic mass is 9.93. The van der Waals surface area contributed by atoms with E-state index in [1.807, 2.05) is 0 Å². The van der Waals surface area contributed by atoms with E-state index in [0.29, 0.717) is 50.1 Å². The molecule has 2 heterocycles. The Morgan fingerprint density at radius 1 is 1.16 bits per heavy atom. The molecule has 0 aromatic heterocycles. The molecule has 2 aliphatic rings. The molecule has 1 aromatic rings. The topological polar surface area (TPSA) is 95.0 Å². The van der Waals surface area contributed by atoms with Crippen molar-refractivity contribution in [2.45, 2.75) is 25.7 Å². The van der Waals surface area contributed by atoms with Crippen LogP contribution in [0.1, 0.15) is 36.0 Å². The van der Waals surface area contributed by atoms with E-state index < -0.39 is 16.0 Å². The van der Waals surface area contributed by atoms with Gasteiger partial charge in [-0.15, -0.1) is 0 Å². The van der Waals surface area contributed by atoms with Gasteiger partial charge in [0.25, 0.3) is 5.91 Å². The van der Waals surface area contributed by atoms with Crippen molar-refractivity contribution in [3.05, 3.63) is 29.8 Å². The van der Waals surface area contributed by atoms with E-state index in [4.69, 9.17) is 5.11 Å². The van der Waals surface area contributed by atoms with Gasteiger partial charge in [0, 0.05) is 31.6 Å². The number of anilines is 1. The zero-order chi connectivity index (χ0) is 18.0. The van der Waals surface area contributed by atoms with Crippen molar-refractivity contribution >= 4 is 27.6 Å². The number of carboxylic acids is 1. The highest BCUT2D eigenvalue weighted by atomic mass is 32.2. The van der Waals surface area contributed by atoms with Crippen LogP contribution < -0.4 is 4.31 Å². The highest BCUT2D eigenvalue weighted by molar-refractivity contribution is 7.93. The number of amides is 1. The molecule has 2 aliphatic heterocycles. The standard InChI is InChI=1S/C17H22N2O5S/c20-16(21)11-13-5-8-18(9-6-13)17(22)14-3-1-4-15(12-14)19-7-2-10-25(19,23)24/h1,3-4,12-13H,2,5-11H2,(H,20,21). The molecule has 0 saturated carbocycles. The summed E-state index contributed by atoms with van der Waals surface area (Å²) in [4.78, 5) is 25.2. The van der Waals surface area contributed by atoms with Crippen molar-refractivity contribution in [3.8, 4) is 0 Å². The molecule has 3 rings (SSSR count). The molecule has 0 radical (unpaired) electrons. The number of rotatable bonds is 4. The summed E-state index contributed by atoms with van der Waals surface area (Å²) < 4.78 is 25.5. The van der Waals surface area contributed by atoms with E-state index in [-0.39, 0.29) is 24.0 Å². The molecule has 0 unspecified atom stereocenters. The largest absolute Gasteiger partial charge is 0.481 e. The van der Waals surface area contributed by atoms with Crippen LogP contribution in [-0.2, 0) is 14.8 Å². The van der Waals surface area contributed by atoms with Crippen LogP contribution >= 0.6 is 0 Å². The Labute approximate surface area is 147 Å². The highest BCUT2D eigenvalue weighted by Crippen LogP contribution is 2.26. The second-order valence-corrected chi connectivity index (χ2v) is 8.64. The predicted molar refractivity (Wildman–Crippen MR) is 93.1 cm³/mol. The molecule has 2 saturated heterocycles. The van der Waals surface area contributed by atoms with Crippen LogP contribution in [0.25, 0.3) is 0 Å². The normalized spacial score (nSPS) is 20.6. The lowest BCUT2D eigenvalue weighted by molar-refractivity contribution is -0.138. The molecule has 1 amide bonds. The summed E-state index contributed by atoms with van der Waals surface area (Å²) in [5, 5.41) is 8.86. The van der Waals surface area contributed by atoms with E-state index >= 15 is 0 Å². The van der Waals surface area contributed by atoms with Crippen LogP contribution in [0.3, 0.4) is 0 Å². The van der Waals surface area contributed by atoms with Gasteiger partial charge < -0.3 is 10.0 Å². The maximum atomic E-state index is 12.7. The first-order chi connectivity index (χ1) is 11.9. The molecule has 25 heavy (non-hydrogen) atoms. The molecule has 2 fully saturated rings. The van der Waals surface area contributed by atoms with E-state index in [2.05, 4.69) is 0 Å². The van der Waals surface area contributed by atoms with Gasteiger partial charge in [-0.2, -0.15) is 0 Å². The Kier molecular flexibility index (Phi) is 4.99. The maximum absolute atomic E-state index is 12.7. The number of hydrogen-bond donors (Lipinski definition) is 1. The number of likely N-dealkylation sites (tertiary alicyclic amines) is 1. The Morgan fingerprint density at radius 2 is 1.88 bits per heavy atom. The average Bonchev–Trinajstić information content (AvgIpc) is 2.94. The Balaban J connectivity index is 1.69. The molecule has 0 atom stereocenters. The summed E-state index contributed by atoms with van der Waals surface area (Å²) >= 11 is 0. The number of nitrogens with zero attached hydrogens (tertiary/aromatic N) is 2. The van der Waals surface area contributed by atoms with Gasteiger partial charge in [-0.1, -0.05) is 6.07 Å². The van der Waals surface area contributed by atoms with Crippen LogP contribution in [0.4, 0.5) is 5.69 Å². The van der Waals surface area contributed by atoms with Crippen molar-refractivity contribution in [3.63, 3.8) is 0 Å². The van der Waals surface area contributed by atoms with Gasteiger partial charge in [-0.25, -0.2) is 8.42 Å². The molecule has 7 nitrogen and oxygen atoms in total. The quantitative estimate of drug-likeness (QED) is 0.872. The highest BCUT2D eigenvalue weighted by Gasteiger charge is 2.29. The van der Waals surface area contributed by atoms with Crippen molar-refractivity contribution in [1.82, 2.24) is 4.90 Å². The molecule has 8 heteroatoms. The second kappa shape index (κ2) is 7.03. The SMILES string of the molecule is O=C(O)CC1CCN(C(=O)c2cccc(N3CCCS3(=O)=O)c2)CC1. The van der Waals surface area contributed by atoms with Crippen LogP contribution in [0.15, 0.2) is 24.3 Å². The van der Waals surface area contributed by atoms with Gasteiger partial charge in [0.1, 0.15) is 0 Å². The lowest BCUT2D eigenvalue weighted by Crippen LogP contribution is -2.39. The Morgan fingerprint density at radius 3 is 2.48 bits per heavy atom. The maximum Gasteiger partial charge on any atom is 0.303 e. The number of sulfonamides is 1. The number of benzene rings is 1. The monoisotopic (exact) mass is 366 g/mol. The molecule has 0 bridgehead atoms. The fraction of sp³-hybridized carbons (Fsp3) is 0.529. The van der Waals surface area contributed by atoms with E-state index in [1.165, 1.54) is 4.31 Å². The Bertz CT molecular complexity index is 769. The van der Waals surface area contributed by atoms with E-state index in [0.717, 1.165) is 0 Å². The van der Waals surface area contributed by atoms with Gasteiger partial charge in [0.15, 0.2) is 0 Å². The smallest absolute Gasteiger partial charge is 0.303 e. The van der Waals surface area contributed by atoms with Crippen LogP contribution in [0.5, 0.6) is 0 Å². The third-order valence-corrected chi connectivity index (χ3v) is 6.71. The zero-order valence-electron chi connectivity index (χ0n) is 13.9. The van der Waals surface area contributed by atoms with Crippen molar-refractivity contribution in [1.29, 1.82) is 0 Å². The third kappa shape index (κ3) is 3.95. The minimum absolute atomic E-state index is 0.114. The number of carbonyl (C=O) groups excluding carboxylic acids is 1. The molecule has 1 N–H and O–H groups in total. The third-order valence-electron chi connectivity index (χ3n) is 4.85. The minimum atomic E-state index is -3.27. The van der Waals surface area contributed by atoms with E-state index in [1.54, 1.807) is 29.2 Å². The predicted octanol–water partition coefficient (Wildman–Crippen LogP) is 1.55. The minimum Gasteiger partial charge on any atom is -0.481 e. The van der Waals surface area contributed by atoms with Gasteiger partial charge in [0.05, 0.1) is 11.4 Å². The number of aliphatic carboxylic acids is 1. The molecule has 1 aromatic carbocycles. The summed E-state index contributed by atoms with van der Waals surface area (Å²) in [6.45, 7) is 1.51. The van der Waals surface area contributed by atoms with Crippen molar-refractivity contribution in [2.24, 2.45) is 5.92 Å². The molecular weight excluding hydrogens is 344 g/mol. The van der Waals surface area contributed by atoms with Gasteiger partial charge >= 0.3 is 5.97 Å². The number of carboxylic acid groups (broad SMARTS) is 1. The number of hydrogen-bond acceptors (Lipinski definition) is 4. The van der Waals surface area contributed by atoms with Crippen LogP contribution in [0.2, 0.25) is 0 Å². The fourth-order valence-electron chi connectivity index (χ4n) is 3.49. The summed E-state index contributed by atoms with van der Waals surface area (Å²) in [6.07, 6.45) is 2.10. The van der Waals surface area contributed by atoms with Gasteiger partial charge in [-0.05, 0) is 43.4 Å². The second-order valence-electron chi connectivity index (χ2n) is 6.63. The first-order valence-electron chi connectivity index (χ1n) is 8.48. The first-order valence-corrected chi connectivity index (χ1v) is 10.1. The Hall–Kier alpha value is -2.09.